The van der Waals surface area contributed by atoms with E-state index in [0.717, 1.165) is 11.1 Å². The van der Waals surface area contributed by atoms with Crippen LogP contribution in [0.4, 0.5) is 0 Å². The number of Topliss-reactive ketones (excluding diaryl/α,β-unsaturated/α-hetero) is 1. The molecule has 3 nitrogen and oxygen atoms in total. The molecule has 1 aromatic rings. The fraction of sp³-hybridized carbons (Fsp3) is 0.462. The van der Waals surface area contributed by atoms with Crippen LogP contribution in [-0.2, 0) is 22.5 Å². The molecule has 0 spiro atoms. The molecular weight excluding hydrogens is 202 g/mol. The maximum atomic E-state index is 11.6. The monoisotopic (exact) mass is 221 g/mol. The summed E-state index contributed by atoms with van der Waals surface area (Å²) in [4.78, 5) is 11.6. The van der Waals surface area contributed by atoms with Gasteiger partial charge in [-0.2, -0.15) is 0 Å². The van der Waals surface area contributed by atoms with Gasteiger partial charge in [0.2, 0.25) is 0 Å². The Labute approximate surface area is 96.6 Å². The molecule has 88 valence electrons. The quantitative estimate of drug-likeness (QED) is 0.795. The van der Waals surface area contributed by atoms with Crippen molar-refractivity contribution in [2.75, 3.05) is 6.61 Å². The molecule has 0 aliphatic rings. The Balaban J connectivity index is 2.55. The minimum atomic E-state index is 0.0914. The molecule has 0 aliphatic heterocycles. The topological polar surface area (TPSA) is 52.3 Å². The van der Waals surface area contributed by atoms with Crippen LogP contribution in [0.3, 0.4) is 0 Å². The Kier molecular flexibility index (Phi) is 5.15. The van der Waals surface area contributed by atoms with Crippen LogP contribution in [0.25, 0.3) is 0 Å². The van der Waals surface area contributed by atoms with Gasteiger partial charge in [0.1, 0.15) is 6.61 Å². The maximum Gasteiger partial charge on any atom is 0.162 e. The van der Waals surface area contributed by atoms with Crippen molar-refractivity contribution >= 4 is 5.78 Å². The minimum absolute atomic E-state index is 0.0914. The summed E-state index contributed by atoms with van der Waals surface area (Å²) in [5, 5.41) is 0. The van der Waals surface area contributed by atoms with Crippen LogP contribution in [0.15, 0.2) is 24.3 Å². The molecule has 0 amide bonds. The Morgan fingerprint density at radius 2 is 1.94 bits per heavy atom. The summed E-state index contributed by atoms with van der Waals surface area (Å²) in [5.74, 6) is 0.0922. The molecular formula is C13H19NO2. The fourth-order valence-electron chi connectivity index (χ4n) is 1.45. The first-order chi connectivity index (χ1) is 7.63. The van der Waals surface area contributed by atoms with Crippen molar-refractivity contribution in [1.82, 2.24) is 0 Å². The number of nitrogens with two attached hydrogens (primary N) is 1. The second kappa shape index (κ2) is 6.40. The van der Waals surface area contributed by atoms with Gasteiger partial charge in [-0.05, 0) is 25.0 Å². The number of hydrogen-bond donors (Lipinski definition) is 1. The lowest BCUT2D eigenvalue weighted by molar-refractivity contribution is -0.124. The summed E-state index contributed by atoms with van der Waals surface area (Å²) in [7, 11) is 0. The predicted octanol–water partition coefficient (Wildman–Crippen LogP) is 1.68. The summed E-state index contributed by atoms with van der Waals surface area (Å²) in [6.45, 7) is 4.48. The number of carbonyl (C=O) groups is 1. The largest absolute Gasteiger partial charge is 0.371 e. The van der Waals surface area contributed by atoms with E-state index in [1.807, 2.05) is 38.1 Å². The standard InChI is InChI=1S/C13H19NO2/c1-10(2)16-9-13(15)7-11-5-3-4-6-12(11)8-14/h3-6,10H,7-9,14H2,1-2H3. The third kappa shape index (κ3) is 4.13. The summed E-state index contributed by atoms with van der Waals surface area (Å²) in [6.07, 6.45) is 0.494. The van der Waals surface area contributed by atoms with E-state index >= 15 is 0 Å². The SMILES string of the molecule is CC(C)OCC(=O)Cc1ccccc1CN. The molecule has 0 fully saturated rings. The van der Waals surface area contributed by atoms with Crippen LogP contribution in [0, 0.1) is 0 Å². The molecule has 2 N–H and O–H groups in total. The molecule has 0 saturated carbocycles. The zero-order valence-corrected chi connectivity index (χ0v) is 9.90. The number of ketones is 1. The number of ether oxygens (including phenoxy) is 1. The van der Waals surface area contributed by atoms with Crippen molar-refractivity contribution < 1.29 is 9.53 Å². The van der Waals surface area contributed by atoms with Gasteiger partial charge in [0.05, 0.1) is 6.10 Å². The first-order valence-electron chi connectivity index (χ1n) is 5.53. The Hall–Kier alpha value is -1.19. The highest BCUT2D eigenvalue weighted by Crippen LogP contribution is 2.09. The number of carbonyl (C=O) groups excluding carboxylic acids is 1. The van der Waals surface area contributed by atoms with Gasteiger partial charge in [-0.3, -0.25) is 4.79 Å². The fourth-order valence-corrected chi connectivity index (χ4v) is 1.45. The summed E-state index contributed by atoms with van der Waals surface area (Å²) < 4.78 is 5.27. The van der Waals surface area contributed by atoms with Gasteiger partial charge in [-0.1, -0.05) is 24.3 Å². The van der Waals surface area contributed by atoms with Crippen LogP contribution in [-0.4, -0.2) is 18.5 Å². The number of benzene rings is 1. The molecule has 1 aromatic carbocycles. The van der Waals surface area contributed by atoms with Gasteiger partial charge in [-0.15, -0.1) is 0 Å². The molecule has 0 atom stereocenters. The highest BCUT2D eigenvalue weighted by Gasteiger charge is 2.07. The highest BCUT2D eigenvalue weighted by molar-refractivity contribution is 5.82. The summed E-state index contributed by atoms with van der Waals surface area (Å²) in [5.41, 5.74) is 7.64. The van der Waals surface area contributed by atoms with Crippen molar-refractivity contribution in [2.45, 2.75) is 32.9 Å². The van der Waals surface area contributed by atoms with E-state index in [1.165, 1.54) is 0 Å². The van der Waals surface area contributed by atoms with E-state index < -0.39 is 0 Å². The van der Waals surface area contributed by atoms with E-state index in [1.54, 1.807) is 0 Å². The average molecular weight is 221 g/mol. The zero-order valence-electron chi connectivity index (χ0n) is 9.90. The first-order valence-corrected chi connectivity index (χ1v) is 5.53. The third-order valence-electron chi connectivity index (χ3n) is 2.30. The van der Waals surface area contributed by atoms with Gasteiger partial charge in [0, 0.05) is 13.0 Å². The molecule has 0 heterocycles. The first kappa shape index (κ1) is 12.9. The lowest BCUT2D eigenvalue weighted by atomic mass is 10.0. The van der Waals surface area contributed by atoms with Gasteiger partial charge < -0.3 is 10.5 Å². The second-order valence-corrected chi connectivity index (χ2v) is 4.05. The third-order valence-corrected chi connectivity index (χ3v) is 2.30. The normalized spacial score (nSPS) is 10.8. The second-order valence-electron chi connectivity index (χ2n) is 4.05. The van der Waals surface area contributed by atoms with E-state index in [9.17, 15) is 4.79 Å². The molecule has 0 radical (unpaired) electrons. The van der Waals surface area contributed by atoms with E-state index in [-0.39, 0.29) is 18.5 Å². The van der Waals surface area contributed by atoms with E-state index in [0.29, 0.717) is 13.0 Å². The molecule has 0 unspecified atom stereocenters. The van der Waals surface area contributed by atoms with Crippen LogP contribution in [0.5, 0.6) is 0 Å². The lowest BCUT2D eigenvalue weighted by Crippen LogP contribution is -2.16. The van der Waals surface area contributed by atoms with E-state index in [4.69, 9.17) is 10.5 Å². The average Bonchev–Trinajstić information content (AvgIpc) is 2.27. The predicted molar refractivity (Wildman–Crippen MR) is 64.1 cm³/mol. The van der Waals surface area contributed by atoms with Crippen LogP contribution in [0.1, 0.15) is 25.0 Å². The molecule has 0 bridgehead atoms. The molecule has 0 aliphatic carbocycles. The smallest absolute Gasteiger partial charge is 0.162 e. The van der Waals surface area contributed by atoms with Crippen molar-refractivity contribution in [3.8, 4) is 0 Å². The van der Waals surface area contributed by atoms with Gasteiger partial charge in [-0.25, -0.2) is 0 Å². The maximum absolute atomic E-state index is 11.6. The molecule has 16 heavy (non-hydrogen) atoms. The molecule has 0 saturated heterocycles. The Bertz CT molecular complexity index is 348. The van der Waals surface area contributed by atoms with Gasteiger partial charge >= 0.3 is 0 Å². The number of hydrogen-bond acceptors (Lipinski definition) is 3. The lowest BCUT2D eigenvalue weighted by Gasteiger charge is -2.09. The minimum Gasteiger partial charge on any atom is -0.371 e. The summed E-state index contributed by atoms with van der Waals surface area (Å²) in [6, 6.07) is 7.74. The van der Waals surface area contributed by atoms with Crippen LogP contribution in [0.2, 0.25) is 0 Å². The van der Waals surface area contributed by atoms with E-state index in [2.05, 4.69) is 0 Å². The van der Waals surface area contributed by atoms with Crippen molar-refractivity contribution in [3.63, 3.8) is 0 Å². The summed E-state index contributed by atoms with van der Waals surface area (Å²) >= 11 is 0. The van der Waals surface area contributed by atoms with Crippen LogP contribution < -0.4 is 5.73 Å². The van der Waals surface area contributed by atoms with Gasteiger partial charge in [0.25, 0.3) is 0 Å². The van der Waals surface area contributed by atoms with Gasteiger partial charge in [0.15, 0.2) is 5.78 Å². The van der Waals surface area contributed by atoms with Crippen molar-refractivity contribution in [1.29, 1.82) is 0 Å². The van der Waals surface area contributed by atoms with Crippen molar-refractivity contribution in [3.05, 3.63) is 35.4 Å². The molecule has 1 rings (SSSR count). The highest BCUT2D eigenvalue weighted by atomic mass is 16.5. The van der Waals surface area contributed by atoms with Crippen molar-refractivity contribution in [2.24, 2.45) is 5.73 Å². The molecule has 3 heteroatoms. The molecule has 0 aromatic heterocycles. The zero-order chi connectivity index (χ0) is 12.0. The van der Waals surface area contributed by atoms with Crippen LogP contribution >= 0.6 is 0 Å². The number of rotatable bonds is 6. The Morgan fingerprint density at radius 3 is 2.50 bits per heavy atom. The Morgan fingerprint density at radius 1 is 1.31 bits per heavy atom.